The first-order chi connectivity index (χ1) is 11.8. The molecule has 1 aliphatic heterocycles. The number of amides is 3. The van der Waals surface area contributed by atoms with Gasteiger partial charge in [-0.3, -0.25) is 19.3 Å². The van der Waals surface area contributed by atoms with Crippen LogP contribution in [0.5, 0.6) is 0 Å². The van der Waals surface area contributed by atoms with Gasteiger partial charge in [-0.2, -0.15) is 0 Å². The number of carbonyl (C=O) groups excluding carboxylic acids is 4. The lowest BCUT2D eigenvalue weighted by molar-refractivity contribution is -0.151. The third kappa shape index (κ3) is 4.23. The van der Waals surface area contributed by atoms with Gasteiger partial charge in [-0.05, 0) is 31.4 Å². The quantitative estimate of drug-likeness (QED) is 0.595. The molecule has 134 valence electrons. The van der Waals surface area contributed by atoms with Crippen molar-refractivity contribution in [2.45, 2.75) is 33.2 Å². The zero-order valence-electron chi connectivity index (χ0n) is 14.6. The highest BCUT2D eigenvalue weighted by molar-refractivity contribution is 6.22. The van der Waals surface area contributed by atoms with Crippen LogP contribution in [0, 0.1) is 5.92 Å². The molecular weight excluding hydrogens is 324 g/mol. The second-order valence-electron chi connectivity index (χ2n) is 6.34. The summed E-state index contributed by atoms with van der Waals surface area (Å²) in [6, 6.07) is 5.28. The molecule has 1 aromatic carbocycles. The van der Waals surface area contributed by atoms with Gasteiger partial charge in [0.15, 0.2) is 6.61 Å². The monoisotopic (exact) mass is 346 g/mol. The third-order valence-corrected chi connectivity index (χ3v) is 3.94. The molecule has 0 aromatic heterocycles. The van der Waals surface area contributed by atoms with Gasteiger partial charge in [0.05, 0.1) is 11.1 Å². The van der Waals surface area contributed by atoms with Gasteiger partial charge in [-0.15, -0.1) is 0 Å². The molecule has 2 rings (SSSR count). The van der Waals surface area contributed by atoms with Crippen LogP contribution in [-0.4, -0.2) is 47.8 Å². The van der Waals surface area contributed by atoms with Crippen molar-refractivity contribution >= 4 is 23.7 Å². The maximum atomic E-state index is 12.3. The second kappa shape index (κ2) is 7.92. The minimum Gasteiger partial charge on any atom is -0.454 e. The van der Waals surface area contributed by atoms with E-state index in [0.717, 1.165) is 11.3 Å². The first-order valence-corrected chi connectivity index (χ1v) is 8.23. The third-order valence-electron chi connectivity index (χ3n) is 3.94. The van der Waals surface area contributed by atoms with Gasteiger partial charge in [-0.25, -0.2) is 4.79 Å². The summed E-state index contributed by atoms with van der Waals surface area (Å²) in [7, 11) is 0. The number of carbonyl (C=O) groups is 4. The predicted octanol–water partition coefficient (Wildman–Crippen LogP) is 1.38. The summed E-state index contributed by atoms with van der Waals surface area (Å²) in [5.41, 5.74) is 0.525. The van der Waals surface area contributed by atoms with Gasteiger partial charge in [-0.1, -0.05) is 26.0 Å². The van der Waals surface area contributed by atoms with E-state index < -0.39 is 36.3 Å². The summed E-state index contributed by atoms with van der Waals surface area (Å²) in [6.45, 7) is 5.54. The van der Waals surface area contributed by atoms with Crippen molar-refractivity contribution < 1.29 is 23.9 Å². The second-order valence-corrected chi connectivity index (χ2v) is 6.34. The Balaban J connectivity index is 1.90. The molecular formula is C18H22N2O5. The number of hydrogen-bond acceptors (Lipinski definition) is 5. The molecule has 0 fully saturated rings. The zero-order valence-corrected chi connectivity index (χ0v) is 14.6. The van der Waals surface area contributed by atoms with Crippen LogP contribution in [0.1, 0.15) is 47.9 Å². The van der Waals surface area contributed by atoms with Crippen LogP contribution in [0.25, 0.3) is 0 Å². The predicted molar refractivity (Wildman–Crippen MR) is 89.8 cm³/mol. The van der Waals surface area contributed by atoms with E-state index in [0.29, 0.717) is 12.5 Å². The Labute approximate surface area is 146 Å². The molecule has 0 aliphatic carbocycles. The normalized spacial score (nSPS) is 14.5. The van der Waals surface area contributed by atoms with Gasteiger partial charge < -0.3 is 10.1 Å². The van der Waals surface area contributed by atoms with Crippen LogP contribution in [0.15, 0.2) is 24.3 Å². The SMILES string of the molecule is CC(C)CCNC(=O)COC(=O)C(C)N1C(=O)c2ccccc2C1=O. The van der Waals surface area contributed by atoms with E-state index in [1.54, 1.807) is 12.1 Å². The van der Waals surface area contributed by atoms with Gasteiger partial charge in [0.2, 0.25) is 0 Å². The first-order valence-electron chi connectivity index (χ1n) is 8.23. The number of fused-ring (bicyclic) bond motifs is 1. The number of rotatable bonds is 7. The molecule has 1 aliphatic rings. The summed E-state index contributed by atoms with van der Waals surface area (Å²) in [5.74, 6) is -1.83. The van der Waals surface area contributed by atoms with Gasteiger partial charge in [0, 0.05) is 6.54 Å². The molecule has 0 radical (unpaired) electrons. The smallest absolute Gasteiger partial charge is 0.329 e. The summed E-state index contributed by atoms with van der Waals surface area (Å²) in [4.78, 5) is 49.2. The standard InChI is InChI=1S/C18H22N2O5/c1-11(2)8-9-19-15(21)10-25-18(24)12(3)20-16(22)13-6-4-5-7-14(13)17(20)23/h4-7,11-12H,8-10H2,1-3H3,(H,19,21). The highest BCUT2D eigenvalue weighted by atomic mass is 16.5. The summed E-state index contributed by atoms with van der Waals surface area (Å²) in [5, 5.41) is 2.65. The molecule has 0 bridgehead atoms. The maximum absolute atomic E-state index is 12.3. The van der Waals surface area contributed by atoms with Crippen molar-refractivity contribution in [3.8, 4) is 0 Å². The highest BCUT2D eigenvalue weighted by Crippen LogP contribution is 2.24. The molecule has 3 amide bonds. The average Bonchev–Trinajstić information content (AvgIpc) is 2.83. The Morgan fingerprint density at radius 1 is 1.08 bits per heavy atom. The molecule has 25 heavy (non-hydrogen) atoms. The van der Waals surface area contributed by atoms with E-state index in [-0.39, 0.29) is 11.1 Å². The highest BCUT2D eigenvalue weighted by Gasteiger charge is 2.41. The van der Waals surface area contributed by atoms with Crippen molar-refractivity contribution in [2.75, 3.05) is 13.2 Å². The Kier molecular flexibility index (Phi) is 5.90. The van der Waals surface area contributed by atoms with Gasteiger partial charge >= 0.3 is 5.97 Å². The topological polar surface area (TPSA) is 92.8 Å². The van der Waals surface area contributed by atoms with Crippen LogP contribution < -0.4 is 5.32 Å². The number of imide groups is 1. The summed E-state index contributed by atoms with van der Waals surface area (Å²) >= 11 is 0. The molecule has 1 unspecified atom stereocenters. The summed E-state index contributed by atoms with van der Waals surface area (Å²) < 4.78 is 4.93. The van der Waals surface area contributed by atoms with E-state index in [1.165, 1.54) is 19.1 Å². The number of esters is 1. The zero-order chi connectivity index (χ0) is 18.6. The van der Waals surface area contributed by atoms with Gasteiger partial charge in [0.25, 0.3) is 17.7 Å². The fraction of sp³-hybridized carbons (Fsp3) is 0.444. The molecule has 0 saturated carbocycles. The average molecular weight is 346 g/mol. The molecule has 7 heteroatoms. The van der Waals surface area contributed by atoms with E-state index in [9.17, 15) is 19.2 Å². The van der Waals surface area contributed by atoms with Crippen LogP contribution in [0.4, 0.5) is 0 Å². The molecule has 1 N–H and O–H groups in total. The lowest BCUT2D eigenvalue weighted by atomic mass is 10.1. The molecule has 1 atom stereocenters. The number of nitrogens with one attached hydrogen (secondary N) is 1. The Bertz CT molecular complexity index is 663. The van der Waals surface area contributed by atoms with E-state index in [2.05, 4.69) is 5.32 Å². The van der Waals surface area contributed by atoms with Crippen molar-refractivity contribution in [3.05, 3.63) is 35.4 Å². The van der Waals surface area contributed by atoms with Crippen LogP contribution >= 0.6 is 0 Å². The first kappa shape index (κ1) is 18.6. The molecule has 0 spiro atoms. The van der Waals surface area contributed by atoms with Crippen molar-refractivity contribution in [1.82, 2.24) is 10.2 Å². The Hall–Kier alpha value is -2.70. The van der Waals surface area contributed by atoms with E-state index in [1.807, 2.05) is 13.8 Å². The fourth-order valence-corrected chi connectivity index (χ4v) is 2.47. The van der Waals surface area contributed by atoms with Crippen molar-refractivity contribution in [2.24, 2.45) is 5.92 Å². The Morgan fingerprint density at radius 2 is 1.64 bits per heavy atom. The number of hydrogen-bond donors (Lipinski definition) is 1. The van der Waals surface area contributed by atoms with Crippen molar-refractivity contribution in [1.29, 1.82) is 0 Å². The lowest BCUT2D eigenvalue weighted by Crippen LogP contribution is -2.44. The molecule has 7 nitrogen and oxygen atoms in total. The number of benzene rings is 1. The lowest BCUT2D eigenvalue weighted by Gasteiger charge is -2.20. The van der Waals surface area contributed by atoms with Crippen LogP contribution in [0.3, 0.4) is 0 Å². The van der Waals surface area contributed by atoms with Crippen LogP contribution in [0.2, 0.25) is 0 Å². The van der Waals surface area contributed by atoms with Crippen LogP contribution in [-0.2, 0) is 14.3 Å². The van der Waals surface area contributed by atoms with Gasteiger partial charge in [0.1, 0.15) is 6.04 Å². The largest absolute Gasteiger partial charge is 0.454 e. The fourth-order valence-electron chi connectivity index (χ4n) is 2.47. The molecule has 1 aromatic rings. The number of ether oxygens (including phenoxy) is 1. The molecule has 0 saturated heterocycles. The number of nitrogens with zero attached hydrogens (tertiary/aromatic N) is 1. The van der Waals surface area contributed by atoms with E-state index in [4.69, 9.17) is 4.74 Å². The molecule has 1 heterocycles. The minimum absolute atomic E-state index is 0.263. The van der Waals surface area contributed by atoms with Crippen molar-refractivity contribution in [3.63, 3.8) is 0 Å². The Morgan fingerprint density at radius 3 is 2.16 bits per heavy atom. The van der Waals surface area contributed by atoms with E-state index >= 15 is 0 Å². The summed E-state index contributed by atoms with van der Waals surface area (Å²) in [6.07, 6.45) is 0.825. The maximum Gasteiger partial charge on any atom is 0.329 e. The minimum atomic E-state index is -1.10.